The number of halogens is 1. The fourth-order valence-corrected chi connectivity index (χ4v) is 2.10. The van der Waals surface area contributed by atoms with Crippen LogP contribution in [0.1, 0.15) is 5.56 Å². The van der Waals surface area contributed by atoms with Gasteiger partial charge in [-0.15, -0.1) is 0 Å². The molecule has 2 aromatic rings. The lowest BCUT2D eigenvalue weighted by molar-refractivity contribution is 0.0607. The van der Waals surface area contributed by atoms with Gasteiger partial charge in [-0.2, -0.15) is 0 Å². The van der Waals surface area contributed by atoms with Gasteiger partial charge in [0.25, 0.3) is 0 Å². The van der Waals surface area contributed by atoms with Crippen LogP contribution in [-0.2, 0) is 11.3 Å². The van der Waals surface area contributed by atoms with Gasteiger partial charge in [0.15, 0.2) is 0 Å². The number of benzene rings is 2. The SMILES string of the molecule is C=C[C@@H](COCc1ccccc1)Oc1ccccc1Br. The Morgan fingerprint density at radius 3 is 2.45 bits per heavy atom. The molecule has 0 fully saturated rings. The summed E-state index contributed by atoms with van der Waals surface area (Å²) < 4.78 is 12.4. The van der Waals surface area contributed by atoms with E-state index in [0.717, 1.165) is 15.8 Å². The van der Waals surface area contributed by atoms with Gasteiger partial charge < -0.3 is 9.47 Å². The van der Waals surface area contributed by atoms with Gasteiger partial charge in [-0.1, -0.05) is 49.0 Å². The molecule has 0 spiro atoms. The van der Waals surface area contributed by atoms with E-state index in [0.29, 0.717) is 13.2 Å². The Balaban J connectivity index is 1.84. The van der Waals surface area contributed by atoms with Gasteiger partial charge in [-0.3, -0.25) is 0 Å². The zero-order valence-electron chi connectivity index (χ0n) is 11.2. The van der Waals surface area contributed by atoms with Gasteiger partial charge in [0.2, 0.25) is 0 Å². The lowest BCUT2D eigenvalue weighted by Crippen LogP contribution is -2.20. The third-order valence-corrected chi connectivity index (χ3v) is 3.43. The number of hydrogen-bond acceptors (Lipinski definition) is 2. The standard InChI is InChI=1S/C17H17BrO2/c1-2-15(20-17-11-7-6-10-16(17)18)13-19-12-14-8-4-3-5-9-14/h2-11,15H,1,12-13H2/t15-/m0/s1. The molecule has 0 N–H and O–H groups in total. The van der Waals surface area contributed by atoms with Crippen molar-refractivity contribution in [2.75, 3.05) is 6.61 Å². The molecule has 0 bridgehead atoms. The Kier molecular flexibility index (Phi) is 5.84. The summed E-state index contributed by atoms with van der Waals surface area (Å²) in [5.41, 5.74) is 1.15. The smallest absolute Gasteiger partial charge is 0.140 e. The first kappa shape index (κ1) is 14.8. The Morgan fingerprint density at radius 2 is 1.75 bits per heavy atom. The Morgan fingerprint density at radius 1 is 1.05 bits per heavy atom. The molecule has 104 valence electrons. The van der Waals surface area contributed by atoms with Gasteiger partial charge in [0.05, 0.1) is 17.7 Å². The molecule has 0 saturated carbocycles. The highest BCUT2D eigenvalue weighted by Gasteiger charge is 2.08. The fraction of sp³-hybridized carbons (Fsp3) is 0.176. The maximum atomic E-state index is 5.84. The molecule has 0 unspecified atom stereocenters. The summed E-state index contributed by atoms with van der Waals surface area (Å²) >= 11 is 3.46. The van der Waals surface area contributed by atoms with E-state index in [-0.39, 0.29) is 6.10 Å². The predicted molar refractivity (Wildman–Crippen MR) is 84.9 cm³/mol. The molecule has 0 radical (unpaired) electrons. The predicted octanol–water partition coefficient (Wildman–Crippen LogP) is 4.60. The molecule has 0 aliphatic heterocycles. The summed E-state index contributed by atoms with van der Waals surface area (Å²) in [6.07, 6.45) is 1.59. The van der Waals surface area contributed by atoms with Crippen molar-refractivity contribution >= 4 is 15.9 Å². The van der Waals surface area contributed by atoms with Crippen molar-refractivity contribution in [2.45, 2.75) is 12.7 Å². The van der Waals surface area contributed by atoms with Crippen LogP contribution in [0, 0.1) is 0 Å². The molecule has 20 heavy (non-hydrogen) atoms. The number of rotatable bonds is 7. The largest absolute Gasteiger partial charge is 0.483 e. The highest BCUT2D eigenvalue weighted by atomic mass is 79.9. The van der Waals surface area contributed by atoms with Gasteiger partial charge >= 0.3 is 0 Å². The Labute approximate surface area is 128 Å². The summed E-state index contributed by atoms with van der Waals surface area (Å²) in [5, 5.41) is 0. The van der Waals surface area contributed by atoms with E-state index in [1.165, 1.54) is 0 Å². The molecular weight excluding hydrogens is 316 g/mol. The monoisotopic (exact) mass is 332 g/mol. The van der Waals surface area contributed by atoms with Crippen molar-refractivity contribution in [3.8, 4) is 5.75 Å². The molecule has 0 heterocycles. The molecule has 0 aliphatic carbocycles. The van der Waals surface area contributed by atoms with Crippen molar-refractivity contribution in [1.29, 1.82) is 0 Å². The van der Waals surface area contributed by atoms with Gasteiger partial charge in [0.1, 0.15) is 11.9 Å². The maximum absolute atomic E-state index is 5.84. The molecule has 0 aliphatic rings. The van der Waals surface area contributed by atoms with Gasteiger partial charge in [-0.25, -0.2) is 0 Å². The van der Waals surface area contributed by atoms with E-state index in [4.69, 9.17) is 9.47 Å². The molecule has 3 heteroatoms. The summed E-state index contributed by atoms with van der Waals surface area (Å²) in [4.78, 5) is 0. The molecule has 2 aromatic carbocycles. The number of hydrogen-bond donors (Lipinski definition) is 0. The van der Waals surface area contributed by atoms with E-state index in [1.54, 1.807) is 6.08 Å². The number of ether oxygens (including phenoxy) is 2. The highest BCUT2D eigenvalue weighted by Crippen LogP contribution is 2.25. The molecule has 0 saturated heterocycles. The second-order valence-electron chi connectivity index (χ2n) is 4.32. The normalized spacial score (nSPS) is 11.8. The molecule has 1 atom stereocenters. The van der Waals surface area contributed by atoms with Crippen LogP contribution in [0.15, 0.2) is 71.7 Å². The van der Waals surface area contributed by atoms with E-state index < -0.39 is 0 Å². The first-order valence-corrected chi connectivity index (χ1v) is 7.24. The van der Waals surface area contributed by atoms with E-state index >= 15 is 0 Å². The van der Waals surface area contributed by atoms with Gasteiger partial charge in [-0.05, 0) is 39.7 Å². The van der Waals surface area contributed by atoms with Crippen molar-refractivity contribution in [2.24, 2.45) is 0 Å². The van der Waals surface area contributed by atoms with Crippen molar-refractivity contribution in [3.05, 3.63) is 77.3 Å². The Bertz CT molecular complexity index is 540. The van der Waals surface area contributed by atoms with Gasteiger partial charge in [0, 0.05) is 0 Å². The van der Waals surface area contributed by atoms with Crippen LogP contribution in [-0.4, -0.2) is 12.7 Å². The summed E-state index contributed by atoms with van der Waals surface area (Å²) in [7, 11) is 0. The van der Waals surface area contributed by atoms with E-state index in [2.05, 4.69) is 22.5 Å². The maximum Gasteiger partial charge on any atom is 0.140 e. The molecule has 2 nitrogen and oxygen atoms in total. The average molecular weight is 333 g/mol. The average Bonchev–Trinajstić information content (AvgIpc) is 2.49. The lowest BCUT2D eigenvalue weighted by Gasteiger charge is -2.16. The minimum Gasteiger partial charge on any atom is -0.483 e. The van der Waals surface area contributed by atoms with Crippen LogP contribution in [0.4, 0.5) is 0 Å². The van der Waals surface area contributed by atoms with E-state index in [1.807, 2.05) is 54.6 Å². The summed E-state index contributed by atoms with van der Waals surface area (Å²) in [5.74, 6) is 0.792. The van der Waals surface area contributed by atoms with Crippen molar-refractivity contribution in [1.82, 2.24) is 0 Å². The van der Waals surface area contributed by atoms with Crippen LogP contribution in [0.25, 0.3) is 0 Å². The Hall–Kier alpha value is -1.58. The zero-order chi connectivity index (χ0) is 14.2. The first-order valence-electron chi connectivity index (χ1n) is 6.45. The van der Waals surface area contributed by atoms with Crippen molar-refractivity contribution in [3.63, 3.8) is 0 Å². The molecule has 0 aromatic heterocycles. The van der Waals surface area contributed by atoms with Crippen molar-refractivity contribution < 1.29 is 9.47 Å². The van der Waals surface area contributed by atoms with Crippen LogP contribution in [0.3, 0.4) is 0 Å². The van der Waals surface area contributed by atoms with Crippen LogP contribution < -0.4 is 4.74 Å². The summed E-state index contributed by atoms with van der Waals surface area (Å²) in [6, 6.07) is 17.8. The minimum absolute atomic E-state index is 0.169. The molecular formula is C17H17BrO2. The fourth-order valence-electron chi connectivity index (χ4n) is 1.72. The third kappa shape index (κ3) is 4.51. The lowest BCUT2D eigenvalue weighted by atomic mass is 10.2. The topological polar surface area (TPSA) is 18.5 Å². The second kappa shape index (κ2) is 7.88. The molecule has 2 rings (SSSR count). The highest BCUT2D eigenvalue weighted by molar-refractivity contribution is 9.10. The van der Waals surface area contributed by atoms with Crippen LogP contribution in [0.5, 0.6) is 5.75 Å². The molecule has 0 amide bonds. The van der Waals surface area contributed by atoms with E-state index in [9.17, 15) is 0 Å². The third-order valence-electron chi connectivity index (χ3n) is 2.77. The quantitative estimate of drug-likeness (QED) is 0.690. The zero-order valence-corrected chi connectivity index (χ0v) is 12.8. The minimum atomic E-state index is -0.169. The second-order valence-corrected chi connectivity index (χ2v) is 5.18. The van der Waals surface area contributed by atoms with Crippen LogP contribution in [0.2, 0.25) is 0 Å². The van der Waals surface area contributed by atoms with Crippen LogP contribution >= 0.6 is 15.9 Å². The first-order chi connectivity index (χ1) is 9.79. The summed E-state index contributed by atoms with van der Waals surface area (Å²) in [6.45, 7) is 4.84. The number of para-hydroxylation sites is 1.